The van der Waals surface area contributed by atoms with E-state index in [-0.39, 0.29) is 11.8 Å². The Hall–Kier alpha value is -2.25. The highest BCUT2D eigenvalue weighted by Gasteiger charge is 2.36. The molecule has 7 heteroatoms. The fourth-order valence-electron chi connectivity index (χ4n) is 2.84. The number of hydrogen-bond donors (Lipinski definition) is 0. The third-order valence-electron chi connectivity index (χ3n) is 4.21. The van der Waals surface area contributed by atoms with Crippen LogP contribution in [0.2, 0.25) is 0 Å². The van der Waals surface area contributed by atoms with Gasteiger partial charge in [-0.2, -0.15) is 0 Å². The van der Waals surface area contributed by atoms with E-state index in [0.29, 0.717) is 31.5 Å². The molecule has 3 rings (SSSR count). The zero-order chi connectivity index (χ0) is 17.8. The van der Waals surface area contributed by atoms with Gasteiger partial charge in [0.15, 0.2) is 6.10 Å². The molecule has 2 aromatic rings. The average Bonchev–Trinajstić information content (AvgIpc) is 3.13. The molecule has 0 radical (unpaired) electrons. The van der Waals surface area contributed by atoms with Gasteiger partial charge in [-0.25, -0.2) is 0 Å². The van der Waals surface area contributed by atoms with Gasteiger partial charge in [0.25, 0.3) is 5.91 Å². The molecule has 2 heterocycles. The van der Waals surface area contributed by atoms with Gasteiger partial charge in [0, 0.05) is 19.6 Å². The van der Waals surface area contributed by atoms with Crippen LogP contribution in [0, 0.1) is 0 Å². The van der Waals surface area contributed by atoms with Crippen LogP contribution in [-0.2, 0) is 14.3 Å². The van der Waals surface area contributed by atoms with Gasteiger partial charge in [0.05, 0.1) is 13.2 Å². The van der Waals surface area contributed by atoms with E-state index in [1.807, 2.05) is 44.2 Å². The zero-order valence-electron chi connectivity index (χ0n) is 14.7. The van der Waals surface area contributed by atoms with Gasteiger partial charge in [0.1, 0.15) is 6.04 Å². The standard InChI is InChI=1S/C18H23N3O4/c1-12(2)16-19-20-17(25-16)14-11-24-10-9-21(14)18(22)15(23-3)13-7-5-4-6-8-13/h4-8,12,14-15H,9-11H2,1-3H3/t14-,15-/m0/s1. The number of rotatable bonds is 5. The van der Waals surface area contributed by atoms with Gasteiger partial charge in [-0.3, -0.25) is 4.79 Å². The van der Waals surface area contributed by atoms with Crippen LogP contribution < -0.4 is 0 Å². The Morgan fingerprint density at radius 1 is 1.28 bits per heavy atom. The second-order valence-electron chi connectivity index (χ2n) is 6.28. The van der Waals surface area contributed by atoms with Crippen molar-refractivity contribution in [1.29, 1.82) is 0 Å². The van der Waals surface area contributed by atoms with E-state index >= 15 is 0 Å². The summed E-state index contributed by atoms with van der Waals surface area (Å²) >= 11 is 0. The fraction of sp³-hybridized carbons (Fsp3) is 0.500. The molecule has 0 aliphatic carbocycles. The number of benzene rings is 1. The Balaban J connectivity index is 1.85. The topological polar surface area (TPSA) is 77.7 Å². The second-order valence-corrected chi connectivity index (χ2v) is 6.28. The Labute approximate surface area is 146 Å². The molecule has 0 bridgehead atoms. The van der Waals surface area contributed by atoms with E-state index < -0.39 is 12.1 Å². The number of carbonyl (C=O) groups excluding carboxylic acids is 1. The van der Waals surface area contributed by atoms with Crippen molar-refractivity contribution in [1.82, 2.24) is 15.1 Å². The van der Waals surface area contributed by atoms with Crippen LogP contribution in [0.15, 0.2) is 34.7 Å². The van der Waals surface area contributed by atoms with Crippen molar-refractivity contribution in [3.8, 4) is 0 Å². The van der Waals surface area contributed by atoms with E-state index in [9.17, 15) is 4.79 Å². The highest BCUT2D eigenvalue weighted by Crippen LogP contribution is 2.29. The van der Waals surface area contributed by atoms with Gasteiger partial charge in [0.2, 0.25) is 11.8 Å². The summed E-state index contributed by atoms with van der Waals surface area (Å²) in [4.78, 5) is 14.8. The van der Waals surface area contributed by atoms with Crippen LogP contribution in [-0.4, -0.2) is 47.9 Å². The first-order chi connectivity index (χ1) is 12.1. The zero-order valence-corrected chi connectivity index (χ0v) is 14.7. The molecule has 1 aliphatic heterocycles. The molecule has 134 valence electrons. The molecule has 1 amide bonds. The fourth-order valence-corrected chi connectivity index (χ4v) is 2.84. The number of aromatic nitrogens is 2. The molecular weight excluding hydrogens is 322 g/mol. The summed E-state index contributed by atoms with van der Waals surface area (Å²) in [7, 11) is 1.54. The summed E-state index contributed by atoms with van der Waals surface area (Å²) in [5.41, 5.74) is 0.814. The Morgan fingerprint density at radius 3 is 2.68 bits per heavy atom. The molecule has 25 heavy (non-hydrogen) atoms. The molecule has 2 atom stereocenters. The lowest BCUT2D eigenvalue weighted by Crippen LogP contribution is -2.46. The first-order valence-corrected chi connectivity index (χ1v) is 8.41. The van der Waals surface area contributed by atoms with Crippen molar-refractivity contribution in [3.63, 3.8) is 0 Å². The third-order valence-corrected chi connectivity index (χ3v) is 4.21. The number of methoxy groups -OCH3 is 1. The molecule has 7 nitrogen and oxygen atoms in total. The smallest absolute Gasteiger partial charge is 0.257 e. The summed E-state index contributed by atoms with van der Waals surface area (Å²) in [5, 5.41) is 8.19. The molecule has 1 saturated heterocycles. The molecule has 0 saturated carbocycles. The SMILES string of the molecule is CO[C@H](C(=O)N1CCOC[C@H]1c1nnc(C(C)C)o1)c1ccccc1. The quantitative estimate of drug-likeness (QED) is 0.828. The van der Waals surface area contributed by atoms with E-state index in [4.69, 9.17) is 13.9 Å². The Kier molecular flexibility index (Phi) is 5.45. The second kappa shape index (κ2) is 7.76. The monoisotopic (exact) mass is 345 g/mol. The van der Waals surface area contributed by atoms with Crippen LogP contribution in [0.4, 0.5) is 0 Å². The molecular formula is C18H23N3O4. The van der Waals surface area contributed by atoms with Crippen LogP contribution in [0.3, 0.4) is 0 Å². The maximum absolute atomic E-state index is 13.1. The van der Waals surface area contributed by atoms with Crippen molar-refractivity contribution in [2.45, 2.75) is 31.9 Å². The van der Waals surface area contributed by atoms with Crippen LogP contribution in [0.5, 0.6) is 0 Å². The van der Waals surface area contributed by atoms with Crippen molar-refractivity contribution in [2.75, 3.05) is 26.9 Å². The largest absolute Gasteiger partial charge is 0.423 e. The maximum Gasteiger partial charge on any atom is 0.257 e. The molecule has 1 aromatic heterocycles. The molecule has 1 fully saturated rings. The van der Waals surface area contributed by atoms with E-state index in [1.165, 1.54) is 7.11 Å². The number of nitrogens with zero attached hydrogens (tertiary/aromatic N) is 3. The lowest BCUT2D eigenvalue weighted by atomic mass is 10.1. The minimum atomic E-state index is -0.672. The summed E-state index contributed by atoms with van der Waals surface area (Å²) in [6, 6.07) is 9.04. The predicted molar refractivity (Wildman–Crippen MR) is 89.9 cm³/mol. The minimum absolute atomic E-state index is 0.131. The van der Waals surface area contributed by atoms with Crippen molar-refractivity contribution >= 4 is 5.91 Å². The average molecular weight is 345 g/mol. The Morgan fingerprint density at radius 2 is 2.04 bits per heavy atom. The molecule has 1 aromatic carbocycles. The predicted octanol–water partition coefficient (Wildman–Crippen LogP) is 2.48. The van der Waals surface area contributed by atoms with Crippen molar-refractivity contribution in [3.05, 3.63) is 47.7 Å². The minimum Gasteiger partial charge on any atom is -0.423 e. The number of carbonyl (C=O) groups is 1. The Bertz CT molecular complexity index is 701. The molecule has 0 spiro atoms. The number of morpholine rings is 1. The summed E-state index contributed by atoms with van der Waals surface area (Å²) in [6.07, 6.45) is -0.672. The number of hydrogen-bond acceptors (Lipinski definition) is 6. The normalized spacial score (nSPS) is 19.2. The van der Waals surface area contributed by atoms with Crippen molar-refractivity contribution < 1.29 is 18.7 Å². The lowest BCUT2D eigenvalue weighted by Gasteiger charge is -2.35. The maximum atomic E-state index is 13.1. The molecule has 0 N–H and O–H groups in total. The molecule has 1 aliphatic rings. The first-order valence-electron chi connectivity index (χ1n) is 8.41. The van der Waals surface area contributed by atoms with Gasteiger partial charge in [-0.05, 0) is 5.56 Å². The van der Waals surface area contributed by atoms with Crippen molar-refractivity contribution in [2.24, 2.45) is 0 Å². The molecule has 0 unspecified atom stereocenters. The highest BCUT2D eigenvalue weighted by molar-refractivity contribution is 5.82. The van der Waals surface area contributed by atoms with Crippen LogP contribution in [0.25, 0.3) is 0 Å². The van der Waals surface area contributed by atoms with E-state index in [2.05, 4.69) is 10.2 Å². The summed E-state index contributed by atoms with van der Waals surface area (Å²) in [6.45, 7) is 5.22. The van der Waals surface area contributed by atoms with E-state index in [1.54, 1.807) is 4.90 Å². The van der Waals surface area contributed by atoms with Gasteiger partial charge in [-0.15, -0.1) is 10.2 Å². The van der Waals surface area contributed by atoms with Gasteiger partial charge >= 0.3 is 0 Å². The van der Waals surface area contributed by atoms with Crippen LogP contribution in [0.1, 0.15) is 49.3 Å². The highest BCUT2D eigenvalue weighted by atomic mass is 16.5. The first kappa shape index (κ1) is 17.6. The number of amides is 1. The van der Waals surface area contributed by atoms with Crippen LogP contribution >= 0.6 is 0 Å². The number of ether oxygens (including phenoxy) is 2. The van der Waals surface area contributed by atoms with E-state index in [0.717, 1.165) is 5.56 Å². The van der Waals surface area contributed by atoms with Gasteiger partial charge < -0.3 is 18.8 Å². The summed E-state index contributed by atoms with van der Waals surface area (Å²) < 4.78 is 16.8. The van der Waals surface area contributed by atoms with Gasteiger partial charge in [-0.1, -0.05) is 44.2 Å². The lowest BCUT2D eigenvalue weighted by molar-refractivity contribution is -0.152. The summed E-state index contributed by atoms with van der Waals surface area (Å²) in [5.74, 6) is 0.955. The third kappa shape index (κ3) is 3.72.